The lowest BCUT2D eigenvalue weighted by Crippen LogP contribution is -2.12. The summed E-state index contributed by atoms with van der Waals surface area (Å²) in [6.07, 6.45) is 0. The number of anilines is 3. The Labute approximate surface area is 379 Å². The van der Waals surface area contributed by atoms with E-state index in [4.69, 9.17) is 8.83 Å². The molecule has 0 aliphatic carbocycles. The summed E-state index contributed by atoms with van der Waals surface area (Å²) in [6, 6.07) is 82.7. The van der Waals surface area contributed by atoms with E-state index < -0.39 is 0 Å². The molecular formula is C62H38N2O2. The van der Waals surface area contributed by atoms with E-state index in [9.17, 15) is 0 Å². The summed E-state index contributed by atoms with van der Waals surface area (Å²) in [5, 5.41) is 11.5. The smallest absolute Gasteiger partial charge is 0.145 e. The summed E-state index contributed by atoms with van der Waals surface area (Å²) in [5.74, 6) is 0. The third-order valence-electron chi connectivity index (χ3n) is 13.6. The highest BCUT2D eigenvalue weighted by molar-refractivity contribution is 6.21. The monoisotopic (exact) mass is 842 g/mol. The topological polar surface area (TPSA) is 34.5 Å². The second kappa shape index (κ2) is 14.3. The van der Waals surface area contributed by atoms with E-state index in [2.05, 4.69) is 234 Å². The van der Waals surface area contributed by atoms with Gasteiger partial charge in [-0.25, -0.2) is 0 Å². The van der Waals surface area contributed by atoms with Crippen LogP contribution in [0.25, 0.3) is 115 Å². The Morgan fingerprint density at radius 2 is 0.848 bits per heavy atom. The maximum atomic E-state index is 7.16. The molecular weight excluding hydrogens is 805 g/mol. The Kier molecular flexibility index (Phi) is 7.95. The van der Waals surface area contributed by atoms with Gasteiger partial charge in [0.25, 0.3) is 0 Å². The predicted octanol–water partition coefficient (Wildman–Crippen LogP) is 17.7. The number of nitrogens with zero attached hydrogens (tertiary/aromatic N) is 2. The van der Waals surface area contributed by atoms with Crippen LogP contribution in [0.1, 0.15) is 0 Å². The highest BCUT2D eigenvalue weighted by Gasteiger charge is 2.27. The lowest BCUT2D eigenvalue weighted by Gasteiger charge is -2.30. The number of hydrogen-bond donors (Lipinski definition) is 0. The minimum Gasteiger partial charge on any atom is -0.456 e. The van der Waals surface area contributed by atoms with Crippen LogP contribution in [-0.2, 0) is 0 Å². The SMILES string of the molecule is c1ccc(N(c2cccc3c2ccc2ccccc23)c2ccc(-c3ccccc3-n3c4ccccc4c4ccccc43)c3oc4ccccc4c23)c(-c2cccc3oc4ccccc4c23)c1. The summed E-state index contributed by atoms with van der Waals surface area (Å²) in [7, 11) is 0. The number of benzene rings is 11. The van der Waals surface area contributed by atoms with Gasteiger partial charge in [0.05, 0.1) is 39.2 Å². The van der Waals surface area contributed by atoms with Crippen LogP contribution in [0.15, 0.2) is 239 Å². The van der Waals surface area contributed by atoms with Crippen molar-refractivity contribution in [3.8, 4) is 27.9 Å². The molecule has 0 bridgehead atoms. The van der Waals surface area contributed by atoms with Crippen LogP contribution in [0.3, 0.4) is 0 Å². The molecule has 0 aliphatic rings. The fraction of sp³-hybridized carbons (Fsp3) is 0. The minimum atomic E-state index is 0.831. The molecule has 0 N–H and O–H groups in total. The van der Waals surface area contributed by atoms with E-state index in [0.29, 0.717) is 0 Å². The Hall–Kier alpha value is -8.86. The molecule has 0 saturated carbocycles. The van der Waals surface area contributed by atoms with Gasteiger partial charge in [0.1, 0.15) is 22.3 Å². The van der Waals surface area contributed by atoms with Crippen LogP contribution in [0.5, 0.6) is 0 Å². The quantitative estimate of drug-likeness (QED) is 0.156. The first-order chi connectivity index (χ1) is 32.8. The number of aromatic nitrogens is 1. The first-order valence-electron chi connectivity index (χ1n) is 22.5. The van der Waals surface area contributed by atoms with Crippen molar-refractivity contribution in [2.45, 2.75) is 0 Å². The van der Waals surface area contributed by atoms with Gasteiger partial charge in [-0.3, -0.25) is 0 Å². The van der Waals surface area contributed by atoms with Crippen molar-refractivity contribution in [1.29, 1.82) is 0 Å². The Morgan fingerprint density at radius 1 is 0.288 bits per heavy atom. The molecule has 14 rings (SSSR count). The van der Waals surface area contributed by atoms with Gasteiger partial charge < -0.3 is 18.3 Å². The van der Waals surface area contributed by atoms with Gasteiger partial charge in [-0.05, 0) is 82.4 Å². The van der Waals surface area contributed by atoms with Crippen molar-refractivity contribution in [3.63, 3.8) is 0 Å². The first kappa shape index (κ1) is 36.6. The fourth-order valence-electron chi connectivity index (χ4n) is 10.8. The highest BCUT2D eigenvalue weighted by Crippen LogP contribution is 2.51. The van der Waals surface area contributed by atoms with E-state index >= 15 is 0 Å². The van der Waals surface area contributed by atoms with Crippen molar-refractivity contribution >= 4 is 104 Å². The molecule has 0 unspecified atom stereocenters. The second-order valence-electron chi connectivity index (χ2n) is 17.1. The molecule has 0 fully saturated rings. The standard InChI is InChI=1S/C62H38N2O2/c1-2-18-40-39(17-1)35-36-46-41(40)25-15-31-55(46)64(53-29-11-5-21-44(53)47-26-16-34-59-60(47)49-23-7-13-32-57(49)65-59)56-38-37-48(62-61(56)50-24-8-14-33-58(50)66-62)45-22-6-12-30-54(45)63-51-27-9-3-19-42(51)43-20-4-10-28-52(43)63/h1-38H. The molecule has 3 aromatic heterocycles. The molecule has 66 heavy (non-hydrogen) atoms. The second-order valence-corrected chi connectivity index (χ2v) is 17.1. The van der Waals surface area contributed by atoms with Gasteiger partial charge in [-0.2, -0.15) is 0 Å². The van der Waals surface area contributed by atoms with Gasteiger partial charge in [-0.15, -0.1) is 0 Å². The van der Waals surface area contributed by atoms with E-state index in [1.807, 2.05) is 6.07 Å². The predicted molar refractivity (Wildman–Crippen MR) is 276 cm³/mol. The third-order valence-corrected chi connectivity index (χ3v) is 13.6. The first-order valence-corrected chi connectivity index (χ1v) is 22.5. The van der Waals surface area contributed by atoms with E-state index in [1.165, 1.54) is 26.9 Å². The van der Waals surface area contributed by atoms with Gasteiger partial charge in [-0.1, -0.05) is 170 Å². The van der Waals surface area contributed by atoms with Crippen molar-refractivity contribution in [3.05, 3.63) is 231 Å². The summed E-state index contributed by atoms with van der Waals surface area (Å²) in [5.41, 5.74) is 14.3. The van der Waals surface area contributed by atoms with E-state index in [-0.39, 0.29) is 0 Å². The van der Waals surface area contributed by atoms with Crippen molar-refractivity contribution in [1.82, 2.24) is 4.57 Å². The molecule has 0 aliphatic heterocycles. The van der Waals surface area contributed by atoms with Gasteiger partial charge in [0.2, 0.25) is 0 Å². The van der Waals surface area contributed by atoms with Crippen molar-refractivity contribution < 1.29 is 8.83 Å². The fourth-order valence-corrected chi connectivity index (χ4v) is 10.8. The maximum absolute atomic E-state index is 7.16. The summed E-state index contributed by atoms with van der Waals surface area (Å²) in [4.78, 5) is 2.47. The zero-order valence-corrected chi connectivity index (χ0v) is 35.7. The summed E-state index contributed by atoms with van der Waals surface area (Å²) < 4.78 is 16.1. The Balaban J connectivity index is 1.09. The molecule has 0 radical (unpaired) electrons. The van der Waals surface area contributed by atoms with Crippen LogP contribution in [0, 0.1) is 0 Å². The Morgan fingerprint density at radius 3 is 1.65 bits per heavy atom. The summed E-state index contributed by atoms with van der Waals surface area (Å²) in [6.45, 7) is 0. The number of fused-ring (bicyclic) bond motifs is 12. The van der Waals surface area contributed by atoms with Crippen LogP contribution >= 0.6 is 0 Å². The summed E-state index contributed by atoms with van der Waals surface area (Å²) >= 11 is 0. The lowest BCUT2D eigenvalue weighted by molar-refractivity contribution is 0.669. The van der Waals surface area contributed by atoms with Crippen LogP contribution < -0.4 is 4.90 Å². The lowest BCUT2D eigenvalue weighted by atomic mass is 9.94. The molecule has 0 saturated heterocycles. The number of hydrogen-bond acceptors (Lipinski definition) is 3. The van der Waals surface area contributed by atoms with Crippen molar-refractivity contribution in [2.75, 3.05) is 4.90 Å². The van der Waals surface area contributed by atoms with Gasteiger partial charge in [0, 0.05) is 49.0 Å². The van der Waals surface area contributed by atoms with Crippen molar-refractivity contribution in [2.24, 2.45) is 0 Å². The molecule has 3 heterocycles. The molecule has 0 spiro atoms. The van der Waals surface area contributed by atoms with Gasteiger partial charge in [0.15, 0.2) is 0 Å². The number of furan rings is 2. The number of para-hydroxylation sites is 6. The Bertz CT molecular complexity index is 4210. The molecule has 0 atom stereocenters. The molecule has 11 aromatic carbocycles. The van der Waals surface area contributed by atoms with Gasteiger partial charge >= 0.3 is 0 Å². The van der Waals surface area contributed by atoms with Crippen LogP contribution in [0.4, 0.5) is 17.1 Å². The average molecular weight is 843 g/mol. The average Bonchev–Trinajstić information content (AvgIpc) is 4.07. The molecule has 4 nitrogen and oxygen atoms in total. The molecule has 0 amide bonds. The number of rotatable bonds is 6. The van der Waals surface area contributed by atoms with E-state index in [1.54, 1.807) is 0 Å². The molecule has 308 valence electrons. The third kappa shape index (κ3) is 5.33. The highest BCUT2D eigenvalue weighted by atomic mass is 16.3. The zero-order chi connectivity index (χ0) is 43.3. The maximum Gasteiger partial charge on any atom is 0.145 e. The largest absolute Gasteiger partial charge is 0.456 e. The minimum absolute atomic E-state index is 0.831. The normalized spacial score (nSPS) is 11.9. The molecule has 4 heteroatoms. The van der Waals surface area contributed by atoms with E-state index in [0.717, 1.165) is 105 Å². The molecule has 14 aromatic rings. The van der Waals surface area contributed by atoms with Crippen LogP contribution in [0.2, 0.25) is 0 Å². The van der Waals surface area contributed by atoms with Crippen LogP contribution in [-0.4, -0.2) is 4.57 Å². The zero-order valence-electron chi connectivity index (χ0n) is 35.7.